The molecule has 0 radical (unpaired) electrons. The molecule has 0 amide bonds. The lowest BCUT2D eigenvalue weighted by Gasteiger charge is -2.17. The average molecular weight is 622 g/mol. The summed E-state index contributed by atoms with van der Waals surface area (Å²) < 4.78 is 78.3. The number of carbonyl (C=O) groups is 1. The number of aromatic carboxylic acids is 1. The molecule has 1 aliphatic rings. The zero-order chi connectivity index (χ0) is 31.9. The number of benzene rings is 3. The van der Waals surface area contributed by atoms with E-state index in [0.29, 0.717) is 23.4 Å². The highest BCUT2D eigenvalue weighted by atomic mass is 19.3. The predicted octanol–water partition coefficient (Wildman–Crippen LogP) is 8.51. The normalized spacial score (nSPS) is 13.8. The highest BCUT2D eigenvalue weighted by Crippen LogP contribution is 2.50. The fourth-order valence-corrected chi connectivity index (χ4v) is 5.46. The Kier molecular flexibility index (Phi) is 8.03. The Morgan fingerprint density at radius 2 is 1.73 bits per heavy atom. The van der Waals surface area contributed by atoms with Gasteiger partial charge in [0, 0.05) is 35.7 Å². The van der Waals surface area contributed by atoms with Gasteiger partial charge in [0.1, 0.15) is 29.9 Å². The van der Waals surface area contributed by atoms with Crippen molar-refractivity contribution in [3.63, 3.8) is 0 Å². The van der Waals surface area contributed by atoms with Gasteiger partial charge in [-0.25, -0.2) is 36.7 Å². The highest BCUT2D eigenvalue weighted by Gasteiger charge is 2.41. The quantitative estimate of drug-likeness (QED) is 0.150. The van der Waals surface area contributed by atoms with Gasteiger partial charge in [0.15, 0.2) is 0 Å². The topological polar surface area (TPSA) is 77.2 Å². The SMILES string of the molecule is CCC1(Cn2c(Cc3cc(F)c(-c4cccc(OCc5ccc(C(F)F)cc5F)n4)cc3F)nc3ccc(C(=O)O)cc32)CC1. The smallest absolute Gasteiger partial charge is 0.335 e. The number of ether oxygens (including phenoxy) is 1. The van der Waals surface area contributed by atoms with Gasteiger partial charge in [-0.05, 0) is 72.7 Å². The van der Waals surface area contributed by atoms with Crippen LogP contribution >= 0.6 is 0 Å². The van der Waals surface area contributed by atoms with Crippen LogP contribution in [-0.4, -0.2) is 25.6 Å². The number of pyridine rings is 1. The molecule has 1 N–H and O–H groups in total. The molecule has 0 bridgehead atoms. The van der Waals surface area contributed by atoms with Crippen LogP contribution < -0.4 is 4.74 Å². The number of carboxylic acids is 1. The number of rotatable bonds is 11. The molecule has 0 atom stereocenters. The molecule has 5 aromatic rings. The number of hydrogen-bond acceptors (Lipinski definition) is 4. The van der Waals surface area contributed by atoms with Crippen molar-refractivity contribution in [3.05, 3.63) is 112 Å². The molecule has 3 aromatic carbocycles. The minimum Gasteiger partial charge on any atom is -0.478 e. The molecule has 0 spiro atoms. The molecular formula is C34H28F5N3O3. The molecule has 1 saturated carbocycles. The monoisotopic (exact) mass is 621 g/mol. The van der Waals surface area contributed by atoms with E-state index in [-0.39, 0.29) is 52.3 Å². The number of aromatic nitrogens is 3. The van der Waals surface area contributed by atoms with Gasteiger partial charge in [0.25, 0.3) is 6.43 Å². The fourth-order valence-electron chi connectivity index (χ4n) is 5.46. The number of fused-ring (bicyclic) bond motifs is 1. The summed E-state index contributed by atoms with van der Waals surface area (Å²) in [5, 5.41) is 9.52. The number of halogens is 5. The summed E-state index contributed by atoms with van der Waals surface area (Å²) in [6, 6.07) is 14.3. The van der Waals surface area contributed by atoms with Crippen molar-refractivity contribution >= 4 is 17.0 Å². The summed E-state index contributed by atoms with van der Waals surface area (Å²) in [5.74, 6) is -2.82. The predicted molar refractivity (Wildman–Crippen MR) is 157 cm³/mol. The highest BCUT2D eigenvalue weighted by molar-refractivity contribution is 5.92. The maximum atomic E-state index is 15.5. The van der Waals surface area contributed by atoms with E-state index in [2.05, 4.69) is 16.9 Å². The van der Waals surface area contributed by atoms with Crippen LogP contribution in [0.1, 0.15) is 65.5 Å². The third-order valence-electron chi connectivity index (χ3n) is 8.46. The fraction of sp³-hybridized carbons (Fsp3) is 0.265. The summed E-state index contributed by atoms with van der Waals surface area (Å²) in [7, 11) is 0. The molecule has 232 valence electrons. The Labute approximate surface area is 255 Å². The van der Waals surface area contributed by atoms with E-state index < -0.39 is 35.4 Å². The van der Waals surface area contributed by atoms with Gasteiger partial charge in [-0.2, -0.15) is 0 Å². The van der Waals surface area contributed by atoms with Gasteiger partial charge < -0.3 is 14.4 Å². The first kappa shape index (κ1) is 30.2. The molecule has 1 fully saturated rings. The Balaban J connectivity index is 1.26. The van der Waals surface area contributed by atoms with Crippen LogP contribution in [0.4, 0.5) is 22.0 Å². The lowest BCUT2D eigenvalue weighted by molar-refractivity contribution is 0.0697. The van der Waals surface area contributed by atoms with Gasteiger partial charge in [0.2, 0.25) is 5.88 Å². The van der Waals surface area contributed by atoms with Crippen molar-refractivity contribution < 1.29 is 36.6 Å². The van der Waals surface area contributed by atoms with Gasteiger partial charge in [-0.15, -0.1) is 0 Å². The minimum absolute atomic E-state index is 0.00750. The zero-order valence-corrected chi connectivity index (χ0v) is 24.2. The van der Waals surface area contributed by atoms with E-state index in [4.69, 9.17) is 4.74 Å². The van der Waals surface area contributed by atoms with Crippen LogP contribution in [0.15, 0.2) is 66.7 Å². The summed E-state index contributed by atoms with van der Waals surface area (Å²) in [4.78, 5) is 20.5. The maximum absolute atomic E-state index is 15.5. The molecule has 11 heteroatoms. The van der Waals surface area contributed by atoms with E-state index in [1.807, 2.05) is 4.57 Å². The van der Waals surface area contributed by atoms with E-state index in [0.717, 1.165) is 43.5 Å². The van der Waals surface area contributed by atoms with Crippen molar-refractivity contribution in [2.45, 2.75) is 52.2 Å². The molecule has 1 aliphatic carbocycles. The Hall–Kier alpha value is -4.80. The van der Waals surface area contributed by atoms with E-state index in [1.54, 1.807) is 12.1 Å². The number of carboxylic acid groups (broad SMARTS) is 1. The average Bonchev–Trinajstić information content (AvgIpc) is 3.73. The first-order chi connectivity index (χ1) is 21.6. The van der Waals surface area contributed by atoms with Gasteiger partial charge in [-0.1, -0.05) is 25.1 Å². The Bertz CT molecular complexity index is 1920. The number of nitrogens with zero attached hydrogens (tertiary/aromatic N) is 3. The number of hydrogen-bond donors (Lipinski definition) is 1. The van der Waals surface area contributed by atoms with E-state index in [1.165, 1.54) is 30.3 Å². The first-order valence-electron chi connectivity index (χ1n) is 14.4. The van der Waals surface area contributed by atoms with Crippen molar-refractivity contribution in [1.82, 2.24) is 14.5 Å². The largest absolute Gasteiger partial charge is 0.478 e. The van der Waals surface area contributed by atoms with Crippen LogP contribution in [0.3, 0.4) is 0 Å². The molecule has 6 rings (SSSR count). The van der Waals surface area contributed by atoms with Crippen LogP contribution in [0, 0.1) is 22.9 Å². The van der Waals surface area contributed by atoms with Crippen molar-refractivity contribution in [1.29, 1.82) is 0 Å². The molecule has 2 aromatic heterocycles. The van der Waals surface area contributed by atoms with Crippen molar-refractivity contribution in [3.8, 4) is 17.1 Å². The second kappa shape index (κ2) is 11.9. The summed E-state index contributed by atoms with van der Waals surface area (Å²) in [6.07, 6.45) is 0.146. The molecule has 0 aliphatic heterocycles. The third-order valence-corrected chi connectivity index (χ3v) is 8.46. The maximum Gasteiger partial charge on any atom is 0.335 e. The molecule has 0 unspecified atom stereocenters. The Morgan fingerprint density at radius 1 is 0.956 bits per heavy atom. The van der Waals surface area contributed by atoms with Crippen molar-refractivity contribution in [2.24, 2.45) is 5.41 Å². The van der Waals surface area contributed by atoms with E-state index >= 15 is 8.78 Å². The number of alkyl halides is 2. The molecule has 0 saturated heterocycles. The van der Waals surface area contributed by atoms with Crippen molar-refractivity contribution in [2.75, 3.05) is 0 Å². The second-order valence-corrected chi connectivity index (χ2v) is 11.4. The standard InChI is InChI=1S/C34H28F5N3O3/c1-2-34(10-11-34)18-42-29-14-20(33(43)44)8-9-28(29)40-30(42)15-22-13-26(37)23(16-25(22)36)27-4-3-5-31(41-27)45-17-21-7-6-19(32(38)39)12-24(21)35/h3-9,12-14,16,32H,2,10-11,15,17-18H2,1H3,(H,43,44). The molecule has 45 heavy (non-hydrogen) atoms. The van der Waals surface area contributed by atoms with Crippen LogP contribution in [0.2, 0.25) is 0 Å². The lowest BCUT2D eigenvalue weighted by Crippen LogP contribution is -2.14. The summed E-state index contributed by atoms with van der Waals surface area (Å²) in [5.41, 5.74) is 1.01. The summed E-state index contributed by atoms with van der Waals surface area (Å²) >= 11 is 0. The van der Waals surface area contributed by atoms with Crippen LogP contribution in [-0.2, 0) is 19.6 Å². The minimum atomic E-state index is -2.81. The van der Waals surface area contributed by atoms with Gasteiger partial charge >= 0.3 is 5.97 Å². The number of imidazole rings is 1. The second-order valence-electron chi connectivity index (χ2n) is 11.4. The lowest BCUT2D eigenvalue weighted by atomic mass is 10.0. The molecular weight excluding hydrogens is 593 g/mol. The van der Waals surface area contributed by atoms with Crippen LogP contribution in [0.5, 0.6) is 5.88 Å². The van der Waals surface area contributed by atoms with Gasteiger partial charge in [-0.3, -0.25) is 0 Å². The molecule has 6 nitrogen and oxygen atoms in total. The Morgan fingerprint density at radius 3 is 2.42 bits per heavy atom. The van der Waals surface area contributed by atoms with Gasteiger partial charge in [0.05, 0.1) is 22.3 Å². The summed E-state index contributed by atoms with van der Waals surface area (Å²) in [6.45, 7) is 2.38. The third kappa shape index (κ3) is 6.25. The molecule has 2 heterocycles. The van der Waals surface area contributed by atoms with Crippen LogP contribution in [0.25, 0.3) is 22.3 Å². The van der Waals surface area contributed by atoms with E-state index in [9.17, 15) is 23.1 Å². The zero-order valence-electron chi connectivity index (χ0n) is 24.2. The first-order valence-corrected chi connectivity index (χ1v) is 14.4.